The van der Waals surface area contributed by atoms with Gasteiger partial charge in [-0.3, -0.25) is 4.79 Å². The molecule has 0 bridgehead atoms. The maximum absolute atomic E-state index is 12.6. The Hall–Kier alpha value is -2.57. The highest BCUT2D eigenvalue weighted by molar-refractivity contribution is 7.99. The van der Waals surface area contributed by atoms with Crippen molar-refractivity contribution in [3.63, 3.8) is 0 Å². The summed E-state index contributed by atoms with van der Waals surface area (Å²) >= 11 is 1.57. The summed E-state index contributed by atoms with van der Waals surface area (Å²) in [5.41, 5.74) is 2.71. The van der Waals surface area contributed by atoms with Gasteiger partial charge < -0.3 is 10.0 Å². The van der Waals surface area contributed by atoms with Crippen LogP contribution in [-0.2, 0) is 6.54 Å². The molecule has 1 amide bonds. The van der Waals surface area contributed by atoms with Crippen LogP contribution in [0.25, 0.3) is 5.69 Å². The van der Waals surface area contributed by atoms with Crippen LogP contribution < -0.4 is 0 Å². The molecule has 0 atom stereocenters. The van der Waals surface area contributed by atoms with E-state index in [1.165, 1.54) is 0 Å². The number of nitrogens with zero attached hydrogens (tertiary/aromatic N) is 3. The summed E-state index contributed by atoms with van der Waals surface area (Å²) in [7, 11) is 1.80. The Balaban J connectivity index is 1.61. The van der Waals surface area contributed by atoms with Crippen LogP contribution in [0.4, 0.5) is 0 Å². The van der Waals surface area contributed by atoms with Crippen molar-refractivity contribution in [2.45, 2.75) is 11.4 Å². The third-order valence-electron chi connectivity index (χ3n) is 3.93. The van der Waals surface area contributed by atoms with Crippen molar-refractivity contribution < 1.29 is 9.90 Å². The van der Waals surface area contributed by atoms with Gasteiger partial charge in [0.2, 0.25) is 0 Å². The van der Waals surface area contributed by atoms with Gasteiger partial charge in [0.05, 0.1) is 12.3 Å². The normalized spacial score (nSPS) is 10.7. The number of aliphatic hydroxyl groups is 1. The van der Waals surface area contributed by atoms with Crippen LogP contribution in [0.5, 0.6) is 0 Å². The van der Waals surface area contributed by atoms with Crippen molar-refractivity contribution in [2.75, 3.05) is 19.4 Å². The molecule has 1 heterocycles. The Labute approximate surface area is 157 Å². The van der Waals surface area contributed by atoms with Gasteiger partial charge in [0.15, 0.2) is 0 Å². The maximum Gasteiger partial charge on any atom is 0.253 e. The van der Waals surface area contributed by atoms with Gasteiger partial charge in [-0.15, -0.1) is 11.8 Å². The summed E-state index contributed by atoms with van der Waals surface area (Å²) < 4.78 is 1.80. The number of hydrogen-bond donors (Lipinski definition) is 1. The molecule has 0 aliphatic carbocycles. The van der Waals surface area contributed by atoms with Gasteiger partial charge in [-0.1, -0.05) is 12.1 Å². The lowest BCUT2D eigenvalue weighted by molar-refractivity contribution is 0.0785. The minimum Gasteiger partial charge on any atom is -0.396 e. The highest BCUT2D eigenvalue weighted by atomic mass is 32.2. The summed E-state index contributed by atoms with van der Waals surface area (Å²) in [4.78, 5) is 15.3. The Morgan fingerprint density at radius 2 is 1.88 bits per heavy atom. The molecule has 3 aromatic rings. The van der Waals surface area contributed by atoms with Gasteiger partial charge in [0, 0.05) is 42.2 Å². The predicted octanol–water partition coefficient (Wildman–Crippen LogP) is 3.23. The maximum atomic E-state index is 12.6. The second-order valence-electron chi connectivity index (χ2n) is 5.87. The smallest absolute Gasteiger partial charge is 0.253 e. The highest BCUT2D eigenvalue weighted by Gasteiger charge is 2.12. The third kappa shape index (κ3) is 4.53. The van der Waals surface area contributed by atoms with Crippen LogP contribution in [-0.4, -0.2) is 45.1 Å². The lowest BCUT2D eigenvalue weighted by Gasteiger charge is -2.18. The number of thioether (sulfide) groups is 1. The fraction of sp³-hybridized carbons (Fsp3) is 0.200. The second kappa shape index (κ2) is 8.69. The Morgan fingerprint density at radius 1 is 1.15 bits per heavy atom. The third-order valence-corrected chi connectivity index (χ3v) is 4.93. The molecular weight excluding hydrogens is 346 g/mol. The molecule has 0 aliphatic heterocycles. The predicted molar refractivity (Wildman–Crippen MR) is 104 cm³/mol. The van der Waals surface area contributed by atoms with E-state index >= 15 is 0 Å². The molecule has 134 valence electrons. The van der Waals surface area contributed by atoms with Crippen LogP contribution in [0.3, 0.4) is 0 Å². The molecule has 5 nitrogen and oxygen atoms in total. The van der Waals surface area contributed by atoms with Crippen molar-refractivity contribution in [3.05, 3.63) is 78.1 Å². The Kier molecular flexibility index (Phi) is 6.09. The molecule has 0 radical (unpaired) electrons. The van der Waals surface area contributed by atoms with Crippen LogP contribution in [0.2, 0.25) is 0 Å². The number of rotatable bonds is 7. The van der Waals surface area contributed by atoms with Crippen LogP contribution in [0, 0.1) is 0 Å². The van der Waals surface area contributed by atoms with Crippen molar-refractivity contribution in [1.29, 1.82) is 0 Å². The summed E-state index contributed by atoms with van der Waals surface area (Å²) in [6.07, 6.45) is 3.64. The monoisotopic (exact) mass is 367 g/mol. The Bertz CT molecular complexity index is 831. The highest BCUT2D eigenvalue weighted by Crippen LogP contribution is 2.19. The average Bonchev–Trinajstić information content (AvgIpc) is 3.21. The van der Waals surface area contributed by atoms with E-state index in [4.69, 9.17) is 5.11 Å². The molecule has 0 fully saturated rings. The molecule has 3 rings (SSSR count). The largest absolute Gasteiger partial charge is 0.396 e. The van der Waals surface area contributed by atoms with Gasteiger partial charge in [-0.25, -0.2) is 4.68 Å². The lowest BCUT2D eigenvalue weighted by atomic mass is 10.1. The standard InChI is InChI=1S/C20H21N3O2S/c1-22(20(25)17-5-9-19(10-6-17)26-14-13-24)15-16-3-7-18(8-4-16)23-12-2-11-21-23/h2-12,24H,13-15H2,1H3. The van der Waals surface area contributed by atoms with Crippen molar-refractivity contribution >= 4 is 17.7 Å². The fourth-order valence-corrected chi connectivity index (χ4v) is 3.25. The second-order valence-corrected chi connectivity index (χ2v) is 7.04. The van der Waals surface area contributed by atoms with E-state index in [9.17, 15) is 4.79 Å². The van der Waals surface area contributed by atoms with Crippen LogP contribution in [0.1, 0.15) is 15.9 Å². The summed E-state index contributed by atoms with van der Waals surface area (Å²) in [5, 5.41) is 13.1. The van der Waals surface area contributed by atoms with E-state index in [2.05, 4.69) is 5.10 Å². The van der Waals surface area contributed by atoms with Crippen molar-refractivity contribution in [1.82, 2.24) is 14.7 Å². The fourth-order valence-electron chi connectivity index (χ4n) is 2.60. The van der Waals surface area contributed by atoms with Gasteiger partial charge in [0.25, 0.3) is 5.91 Å². The first-order valence-electron chi connectivity index (χ1n) is 8.35. The molecule has 1 aromatic heterocycles. The van der Waals surface area contributed by atoms with E-state index in [0.29, 0.717) is 17.9 Å². The molecule has 0 unspecified atom stereocenters. The number of aliphatic hydroxyl groups excluding tert-OH is 1. The molecule has 26 heavy (non-hydrogen) atoms. The quantitative estimate of drug-likeness (QED) is 0.652. The zero-order valence-electron chi connectivity index (χ0n) is 14.6. The molecule has 0 aliphatic rings. The van der Waals surface area contributed by atoms with E-state index in [-0.39, 0.29) is 12.5 Å². The topological polar surface area (TPSA) is 58.4 Å². The van der Waals surface area contributed by atoms with Gasteiger partial charge in [-0.05, 0) is 48.0 Å². The summed E-state index contributed by atoms with van der Waals surface area (Å²) in [6, 6.07) is 17.4. The van der Waals surface area contributed by atoms with Gasteiger partial charge in [0.1, 0.15) is 0 Å². The van der Waals surface area contributed by atoms with Crippen molar-refractivity contribution in [2.24, 2.45) is 0 Å². The van der Waals surface area contributed by atoms with E-state index in [1.807, 2.05) is 60.8 Å². The number of aromatic nitrogens is 2. The molecule has 1 N–H and O–H groups in total. The minimum absolute atomic E-state index is 0.0140. The number of hydrogen-bond acceptors (Lipinski definition) is 4. The van der Waals surface area contributed by atoms with Gasteiger partial charge >= 0.3 is 0 Å². The van der Waals surface area contributed by atoms with Crippen molar-refractivity contribution in [3.8, 4) is 5.69 Å². The van der Waals surface area contributed by atoms with E-state index in [1.54, 1.807) is 34.6 Å². The zero-order chi connectivity index (χ0) is 18.4. The van der Waals surface area contributed by atoms with E-state index < -0.39 is 0 Å². The first-order chi connectivity index (χ1) is 12.7. The number of carbonyl (C=O) groups excluding carboxylic acids is 1. The molecular formula is C20H21N3O2S. The Morgan fingerprint density at radius 3 is 2.50 bits per heavy atom. The molecule has 0 spiro atoms. The van der Waals surface area contributed by atoms with Gasteiger partial charge in [-0.2, -0.15) is 5.10 Å². The SMILES string of the molecule is CN(Cc1ccc(-n2cccn2)cc1)C(=O)c1ccc(SCCO)cc1. The number of benzene rings is 2. The number of amides is 1. The first-order valence-corrected chi connectivity index (χ1v) is 9.34. The van der Waals surface area contributed by atoms with Crippen LogP contribution >= 0.6 is 11.8 Å². The summed E-state index contributed by atoms with van der Waals surface area (Å²) in [5.74, 6) is 0.640. The zero-order valence-corrected chi connectivity index (χ0v) is 15.4. The first kappa shape index (κ1) is 18.2. The minimum atomic E-state index is -0.0140. The molecule has 6 heteroatoms. The summed E-state index contributed by atoms with van der Waals surface area (Å²) in [6.45, 7) is 0.687. The molecule has 0 saturated carbocycles. The molecule has 2 aromatic carbocycles. The average molecular weight is 367 g/mol. The number of carbonyl (C=O) groups is 1. The molecule has 0 saturated heterocycles. The lowest BCUT2D eigenvalue weighted by Crippen LogP contribution is -2.26. The van der Waals surface area contributed by atoms with E-state index in [0.717, 1.165) is 16.1 Å². The van der Waals surface area contributed by atoms with Crippen LogP contribution in [0.15, 0.2) is 71.9 Å².